The van der Waals surface area contributed by atoms with Crippen molar-refractivity contribution in [2.24, 2.45) is 0 Å². The first kappa shape index (κ1) is 17.7. The van der Waals surface area contributed by atoms with Crippen molar-refractivity contribution in [3.8, 4) is 11.3 Å². The van der Waals surface area contributed by atoms with Gasteiger partial charge < -0.3 is 0 Å². The Morgan fingerprint density at radius 2 is 1.41 bits per heavy atom. The third kappa shape index (κ3) is 3.02. The predicted octanol–water partition coefficient (Wildman–Crippen LogP) is 7.61. The smallest absolute Gasteiger partial charge is 0.0705 e. The fourth-order valence-corrected chi connectivity index (χ4v) is 4.26. The molecule has 0 N–H and O–H groups in total. The van der Waals surface area contributed by atoms with Gasteiger partial charge in [-0.1, -0.05) is 64.1 Å². The summed E-state index contributed by atoms with van der Waals surface area (Å²) in [6.45, 7) is 11.3. The average Bonchev–Trinajstić information content (AvgIpc) is 2.67. The van der Waals surface area contributed by atoms with Crippen LogP contribution in [0.15, 0.2) is 60.8 Å². The monoisotopic (exact) mass is 353 g/mol. The molecule has 136 valence electrons. The second-order valence-corrected chi connectivity index (χ2v) is 8.13. The van der Waals surface area contributed by atoms with E-state index in [9.17, 15) is 0 Å². The highest BCUT2D eigenvalue weighted by molar-refractivity contribution is 6.11. The SMILES string of the molecule is Cc1c(C(C)C)c2ccccc2c2ccc(-c3cc(C(C)C)ccn3)cc12. The Hall–Kier alpha value is -2.67. The number of aromatic nitrogens is 1. The second kappa shape index (κ2) is 6.81. The van der Waals surface area contributed by atoms with E-state index in [0.29, 0.717) is 11.8 Å². The summed E-state index contributed by atoms with van der Waals surface area (Å²) >= 11 is 0. The Balaban J connectivity index is 2.01. The zero-order valence-corrected chi connectivity index (χ0v) is 16.9. The zero-order valence-electron chi connectivity index (χ0n) is 16.9. The highest BCUT2D eigenvalue weighted by Crippen LogP contribution is 2.38. The third-order valence-corrected chi connectivity index (χ3v) is 5.66. The molecule has 0 saturated heterocycles. The Morgan fingerprint density at radius 3 is 2.11 bits per heavy atom. The lowest BCUT2D eigenvalue weighted by Crippen LogP contribution is -1.97. The maximum absolute atomic E-state index is 4.65. The number of rotatable bonds is 3. The highest BCUT2D eigenvalue weighted by atomic mass is 14.7. The van der Waals surface area contributed by atoms with Gasteiger partial charge in [-0.3, -0.25) is 4.98 Å². The summed E-state index contributed by atoms with van der Waals surface area (Å²) in [5.41, 5.74) is 6.43. The molecule has 0 aliphatic rings. The lowest BCUT2D eigenvalue weighted by Gasteiger charge is -2.18. The van der Waals surface area contributed by atoms with Crippen molar-refractivity contribution < 1.29 is 0 Å². The van der Waals surface area contributed by atoms with Crippen molar-refractivity contribution >= 4 is 21.5 Å². The zero-order chi connectivity index (χ0) is 19.1. The number of aryl methyl sites for hydroxylation is 1. The summed E-state index contributed by atoms with van der Waals surface area (Å²) in [7, 11) is 0. The molecule has 0 amide bonds. The Labute approximate surface area is 162 Å². The fourth-order valence-electron chi connectivity index (χ4n) is 4.26. The molecule has 0 fully saturated rings. The minimum atomic E-state index is 0.491. The standard InChI is InChI=1S/C26H27N/c1-16(2)19-12-13-27-25(15-19)20-10-11-22-21-8-6-7-9-23(21)26(17(3)4)18(5)24(22)14-20/h6-17H,1-5H3. The number of fused-ring (bicyclic) bond motifs is 3. The van der Waals surface area contributed by atoms with Gasteiger partial charge in [-0.25, -0.2) is 0 Å². The Kier molecular flexibility index (Phi) is 4.47. The molecule has 1 nitrogen and oxygen atoms in total. The lowest BCUT2D eigenvalue weighted by molar-refractivity contribution is 0.864. The molecule has 1 heterocycles. The summed E-state index contributed by atoms with van der Waals surface area (Å²) in [5, 5.41) is 5.39. The number of pyridine rings is 1. The summed E-state index contributed by atoms with van der Waals surface area (Å²) in [6, 6.07) is 20.0. The number of nitrogens with zero attached hydrogens (tertiary/aromatic N) is 1. The molecule has 3 aromatic carbocycles. The molecule has 0 atom stereocenters. The summed E-state index contributed by atoms with van der Waals surface area (Å²) in [4.78, 5) is 4.65. The molecular formula is C26H27N. The molecular weight excluding hydrogens is 326 g/mol. The van der Waals surface area contributed by atoms with E-state index in [1.807, 2.05) is 6.20 Å². The lowest BCUT2D eigenvalue weighted by atomic mass is 9.86. The molecule has 0 unspecified atom stereocenters. The van der Waals surface area contributed by atoms with Crippen molar-refractivity contribution in [1.82, 2.24) is 4.98 Å². The molecule has 1 heteroatoms. The maximum atomic E-state index is 4.65. The van der Waals surface area contributed by atoms with Crippen LogP contribution in [0.5, 0.6) is 0 Å². The van der Waals surface area contributed by atoms with Crippen molar-refractivity contribution in [3.05, 3.63) is 77.5 Å². The Bertz CT molecular complexity index is 1140. The predicted molar refractivity (Wildman–Crippen MR) is 118 cm³/mol. The van der Waals surface area contributed by atoms with Crippen LogP contribution < -0.4 is 0 Å². The van der Waals surface area contributed by atoms with Gasteiger partial charge in [0.25, 0.3) is 0 Å². The van der Waals surface area contributed by atoms with Crippen LogP contribution in [0.3, 0.4) is 0 Å². The first-order valence-corrected chi connectivity index (χ1v) is 9.88. The van der Waals surface area contributed by atoms with E-state index in [4.69, 9.17) is 0 Å². The summed E-state index contributed by atoms with van der Waals surface area (Å²) in [6.07, 6.45) is 1.93. The quantitative estimate of drug-likeness (QED) is 0.345. The normalized spacial score (nSPS) is 11.8. The maximum Gasteiger partial charge on any atom is 0.0705 e. The van der Waals surface area contributed by atoms with Crippen molar-refractivity contribution in [2.45, 2.75) is 46.5 Å². The fraction of sp³-hybridized carbons (Fsp3) is 0.269. The third-order valence-electron chi connectivity index (χ3n) is 5.66. The van der Waals surface area contributed by atoms with Gasteiger partial charge in [0.1, 0.15) is 0 Å². The van der Waals surface area contributed by atoms with E-state index in [1.165, 1.54) is 43.8 Å². The van der Waals surface area contributed by atoms with Gasteiger partial charge in [0.2, 0.25) is 0 Å². The second-order valence-electron chi connectivity index (χ2n) is 8.13. The highest BCUT2D eigenvalue weighted by Gasteiger charge is 2.15. The number of benzene rings is 3. The van der Waals surface area contributed by atoms with Crippen molar-refractivity contribution in [1.29, 1.82) is 0 Å². The van der Waals surface area contributed by atoms with Gasteiger partial charge in [0, 0.05) is 11.8 Å². The van der Waals surface area contributed by atoms with Gasteiger partial charge in [-0.2, -0.15) is 0 Å². The van der Waals surface area contributed by atoms with Crippen LogP contribution >= 0.6 is 0 Å². The number of hydrogen-bond acceptors (Lipinski definition) is 1. The van der Waals surface area contributed by atoms with Gasteiger partial charge in [-0.05, 0) is 75.2 Å². The molecule has 0 radical (unpaired) electrons. The van der Waals surface area contributed by atoms with Crippen molar-refractivity contribution in [2.75, 3.05) is 0 Å². The Morgan fingerprint density at radius 1 is 0.704 bits per heavy atom. The molecule has 0 spiro atoms. The molecule has 4 aromatic rings. The van der Waals surface area contributed by atoms with E-state index in [0.717, 1.165) is 5.69 Å². The van der Waals surface area contributed by atoms with Crippen LogP contribution in [0, 0.1) is 6.92 Å². The molecule has 27 heavy (non-hydrogen) atoms. The molecule has 4 rings (SSSR count). The first-order chi connectivity index (χ1) is 13.0. The molecule has 0 aliphatic carbocycles. The molecule has 0 saturated carbocycles. The summed E-state index contributed by atoms with van der Waals surface area (Å²) < 4.78 is 0. The van der Waals surface area contributed by atoms with E-state index in [1.54, 1.807) is 0 Å². The minimum absolute atomic E-state index is 0.491. The van der Waals surface area contributed by atoms with E-state index < -0.39 is 0 Å². The van der Waals surface area contributed by atoms with E-state index >= 15 is 0 Å². The minimum Gasteiger partial charge on any atom is -0.256 e. The van der Waals surface area contributed by atoms with Crippen LogP contribution in [0.2, 0.25) is 0 Å². The van der Waals surface area contributed by atoms with Crippen LogP contribution in [0.1, 0.15) is 56.2 Å². The van der Waals surface area contributed by atoms with Gasteiger partial charge in [0.15, 0.2) is 0 Å². The van der Waals surface area contributed by atoms with Gasteiger partial charge in [0.05, 0.1) is 5.69 Å². The van der Waals surface area contributed by atoms with Crippen molar-refractivity contribution in [3.63, 3.8) is 0 Å². The molecule has 0 aliphatic heterocycles. The van der Waals surface area contributed by atoms with E-state index in [-0.39, 0.29) is 0 Å². The average molecular weight is 354 g/mol. The largest absolute Gasteiger partial charge is 0.256 e. The summed E-state index contributed by atoms with van der Waals surface area (Å²) in [5.74, 6) is 0.996. The molecule has 1 aromatic heterocycles. The van der Waals surface area contributed by atoms with Crippen LogP contribution in [-0.4, -0.2) is 4.98 Å². The van der Waals surface area contributed by atoms with Crippen LogP contribution in [-0.2, 0) is 0 Å². The van der Waals surface area contributed by atoms with Crippen LogP contribution in [0.4, 0.5) is 0 Å². The molecule has 0 bridgehead atoms. The number of hydrogen-bond donors (Lipinski definition) is 0. The van der Waals surface area contributed by atoms with Crippen LogP contribution in [0.25, 0.3) is 32.8 Å². The van der Waals surface area contributed by atoms with Gasteiger partial charge >= 0.3 is 0 Å². The van der Waals surface area contributed by atoms with Gasteiger partial charge in [-0.15, -0.1) is 0 Å². The van der Waals surface area contributed by atoms with E-state index in [2.05, 4.69) is 94.2 Å². The topological polar surface area (TPSA) is 12.9 Å². The first-order valence-electron chi connectivity index (χ1n) is 9.88.